The van der Waals surface area contributed by atoms with Crippen molar-refractivity contribution in [3.8, 4) is 11.4 Å². The molecule has 0 aliphatic carbocycles. The Morgan fingerprint density at radius 1 is 1.10 bits per heavy atom. The van der Waals surface area contributed by atoms with Gasteiger partial charge in [0.15, 0.2) is 0 Å². The van der Waals surface area contributed by atoms with Gasteiger partial charge in [0.2, 0.25) is 0 Å². The molecular weight excluding hydrogens is 287 g/mol. The van der Waals surface area contributed by atoms with Crippen molar-refractivity contribution in [3.63, 3.8) is 0 Å². The zero-order valence-electron chi connectivity index (χ0n) is 10.7. The van der Waals surface area contributed by atoms with Crippen LogP contribution in [0.1, 0.15) is 0 Å². The molecule has 0 aliphatic heterocycles. The van der Waals surface area contributed by atoms with Crippen molar-refractivity contribution in [1.82, 2.24) is 9.97 Å². The third-order valence-electron chi connectivity index (χ3n) is 2.66. The molecule has 1 aromatic heterocycles. The van der Waals surface area contributed by atoms with Crippen LogP contribution in [0.5, 0.6) is 0 Å². The summed E-state index contributed by atoms with van der Waals surface area (Å²) in [6, 6.07) is 15.4. The number of aromatic nitrogens is 2. The predicted octanol–water partition coefficient (Wildman–Crippen LogP) is -0.535. The largest absolute Gasteiger partial charge is 1.00 e. The molecule has 0 atom stereocenters. The van der Waals surface area contributed by atoms with Crippen molar-refractivity contribution in [2.45, 2.75) is 4.90 Å². The van der Waals surface area contributed by atoms with E-state index in [9.17, 15) is 5.26 Å². The Labute approximate surface area is 141 Å². The molecule has 2 aromatic carbocycles. The van der Waals surface area contributed by atoms with Crippen molar-refractivity contribution in [3.05, 3.63) is 48.5 Å². The molecule has 7 heteroatoms. The average Bonchev–Trinajstić information content (AvgIpc) is 2.89. The SMILES string of the molecule is [Na+].[O-]OOSc1ccc2nc(-c3ccccc3)[nH]c2c1. The maximum Gasteiger partial charge on any atom is 1.00 e. The Balaban J connectivity index is 0.00000147. The third kappa shape index (κ3) is 3.42. The summed E-state index contributed by atoms with van der Waals surface area (Å²) in [6.45, 7) is 0. The van der Waals surface area contributed by atoms with Crippen LogP contribution in [0.4, 0.5) is 0 Å². The molecular formula is C13H9N2NaO3S. The van der Waals surface area contributed by atoms with E-state index in [1.54, 1.807) is 0 Å². The predicted molar refractivity (Wildman–Crippen MR) is 69.6 cm³/mol. The topological polar surface area (TPSA) is 70.2 Å². The summed E-state index contributed by atoms with van der Waals surface area (Å²) in [7, 11) is 0. The number of hydrogen-bond donors (Lipinski definition) is 1. The molecule has 0 bridgehead atoms. The van der Waals surface area contributed by atoms with Crippen molar-refractivity contribution < 1.29 is 44.2 Å². The number of imidazole rings is 1. The van der Waals surface area contributed by atoms with Gasteiger partial charge >= 0.3 is 29.6 Å². The van der Waals surface area contributed by atoms with Gasteiger partial charge in [0.1, 0.15) is 5.82 Å². The van der Waals surface area contributed by atoms with Crippen LogP contribution in [0.15, 0.2) is 53.4 Å². The van der Waals surface area contributed by atoms with E-state index in [4.69, 9.17) is 0 Å². The first kappa shape index (κ1) is 15.5. The van der Waals surface area contributed by atoms with E-state index < -0.39 is 0 Å². The van der Waals surface area contributed by atoms with Gasteiger partial charge in [-0.2, -0.15) is 4.33 Å². The van der Waals surface area contributed by atoms with Crippen LogP contribution in [-0.2, 0) is 9.37 Å². The van der Waals surface area contributed by atoms with E-state index in [1.165, 1.54) is 0 Å². The van der Waals surface area contributed by atoms with Gasteiger partial charge < -0.3 is 10.2 Å². The Morgan fingerprint density at radius 2 is 1.90 bits per heavy atom. The molecule has 0 fully saturated rings. The van der Waals surface area contributed by atoms with Crippen LogP contribution in [0.3, 0.4) is 0 Å². The molecule has 3 rings (SSSR count). The van der Waals surface area contributed by atoms with Gasteiger partial charge in [0.25, 0.3) is 0 Å². The smallest absolute Gasteiger partial charge is 0.691 e. The molecule has 20 heavy (non-hydrogen) atoms. The maximum absolute atomic E-state index is 9.79. The molecule has 1 N–H and O–H groups in total. The van der Waals surface area contributed by atoms with E-state index in [0.717, 1.165) is 39.4 Å². The van der Waals surface area contributed by atoms with E-state index in [1.807, 2.05) is 48.5 Å². The molecule has 0 spiro atoms. The van der Waals surface area contributed by atoms with Crippen LogP contribution in [0, 0.1) is 0 Å². The number of fused-ring (bicyclic) bond motifs is 1. The number of rotatable bonds is 4. The van der Waals surface area contributed by atoms with Crippen molar-refractivity contribution in [2.24, 2.45) is 0 Å². The molecule has 5 nitrogen and oxygen atoms in total. The van der Waals surface area contributed by atoms with Gasteiger partial charge in [-0.3, -0.25) is 5.04 Å². The molecule has 0 saturated heterocycles. The summed E-state index contributed by atoms with van der Waals surface area (Å²) in [6.07, 6.45) is 0. The molecule has 0 saturated carbocycles. The Hall–Kier alpha value is -0.860. The molecule has 0 radical (unpaired) electrons. The Bertz CT molecular complexity index is 690. The Morgan fingerprint density at radius 3 is 2.65 bits per heavy atom. The first-order chi connectivity index (χ1) is 9.36. The van der Waals surface area contributed by atoms with Crippen molar-refractivity contribution in [1.29, 1.82) is 0 Å². The van der Waals surface area contributed by atoms with Crippen LogP contribution >= 0.6 is 12.0 Å². The fourth-order valence-electron chi connectivity index (χ4n) is 1.83. The number of hydrogen-bond acceptors (Lipinski definition) is 5. The quantitative estimate of drug-likeness (QED) is 0.303. The van der Waals surface area contributed by atoms with E-state index in [-0.39, 0.29) is 29.6 Å². The van der Waals surface area contributed by atoms with Gasteiger partial charge in [-0.25, -0.2) is 4.98 Å². The van der Waals surface area contributed by atoms with E-state index in [0.29, 0.717) is 0 Å². The number of H-pyrrole nitrogens is 1. The van der Waals surface area contributed by atoms with Crippen molar-refractivity contribution in [2.75, 3.05) is 0 Å². The van der Waals surface area contributed by atoms with Gasteiger partial charge in [0.05, 0.1) is 23.1 Å². The van der Waals surface area contributed by atoms with Gasteiger partial charge in [-0.15, -0.1) is 0 Å². The first-order valence-electron chi connectivity index (χ1n) is 5.55. The van der Waals surface area contributed by atoms with Crippen molar-refractivity contribution >= 4 is 23.1 Å². The zero-order valence-corrected chi connectivity index (χ0v) is 13.5. The standard InChI is InChI=1S/C13H10N2O3S.Na/c16-17-18-19-10-6-7-11-12(8-10)15-13(14-11)9-4-2-1-3-5-9;/h1-8,16H,(H,14,15);/q;+1/p-1. The minimum atomic E-state index is 0. The summed E-state index contributed by atoms with van der Waals surface area (Å²) in [5.74, 6) is 0.804. The molecule has 96 valence electrons. The molecule has 3 aromatic rings. The van der Waals surface area contributed by atoms with Crippen LogP contribution in [-0.4, -0.2) is 9.97 Å². The second-order valence-electron chi connectivity index (χ2n) is 3.85. The summed E-state index contributed by atoms with van der Waals surface area (Å²) in [5.41, 5.74) is 2.75. The number of benzene rings is 2. The minimum Gasteiger partial charge on any atom is -0.691 e. The van der Waals surface area contributed by atoms with Gasteiger partial charge in [0, 0.05) is 10.5 Å². The van der Waals surface area contributed by atoms with Crippen LogP contribution in [0.2, 0.25) is 0 Å². The molecule has 1 heterocycles. The maximum atomic E-state index is 9.79. The fourth-order valence-corrected chi connectivity index (χ4v) is 2.22. The second kappa shape index (κ2) is 7.24. The van der Waals surface area contributed by atoms with Crippen LogP contribution < -0.4 is 34.8 Å². The molecule has 0 aliphatic rings. The fraction of sp³-hybridized carbons (Fsp3) is 0. The summed E-state index contributed by atoms with van der Waals surface area (Å²) < 4.78 is 4.29. The summed E-state index contributed by atoms with van der Waals surface area (Å²) in [4.78, 5) is 8.49. The normalized spacial score (nSPS) is 10.4. The monoisotopic (exact) mass is 296 g/mol. The van der Waals surface area contributed by atoms with E-state index >= 15 is 0 Å². The average molecular weight is 296 g/mol. The second-order valence-corrected chi connectivity index (χ2v) is 4.62. The molecule has 0 amide bonds. The number of nitrogens with zero attached hydrogens (tertiary/aromatic N) is 1. The third-order valence-corrected chi connectivity index (χ3v) is 3.23. The summed E-state index contributed by atoms with van der Waals surface area (Å²) in [5, 5.41) is 13.1. The zero-order chi connectivity index (χ0) is 13.1. The van der Waals surface area contributed by atoms with Crippen LogP contribution in [0.25, 0.3) is 22.4 Å². The van der Waals surface area contributed by atoms with E-state index in [2.05, 4.69) is 19.3 Å². The molecule has 0 unspecified atom stereocenters. The minimum absolute atomic E-state index is 0. The first-order valence-corrected chi connectivity index (χ1v) is 6.29. The van der Waals surface area contributed by atoms with Gasteiger partial charge in [-0.05, 0) is 18.2 Å². The number of aromatic amines is 1. The van der Waals surface area contributed by atoms with Gasteiger partial charge in [-0.1, -0.05) is 30.3 Å². The summed E-state index contributed by atoms with van der Waals surface area (Å²) >= 11 is 0.858. The number of nitrogens with one attached hydrogen (secondary N) is 1. The Kier molecular flexibility index (Phi) is 5.62.